The van der Waals surface area contributed by atoms with E-state index in [2.05, 4.69) is 5.32 Å². The second-order valence-corrected chi connectivity index (χ2v) is 7.45. The lowest BCUT2D eigenvalue weighted by Gasteiger charge is -2.25. The minimum atomic E-state index is -3.26. The average Bonchev–Trinajstić information content (AvgIpc) is 2.29. The van der Waals surface area contributed by atoms with Crippen LogP contribution in [0.25, 0.3) is 0 Å². The fraction of sp³-hybridized carbons (Fsp3) is 0.833. The molecule has 0 saturated heterocycles. The van der Waals surface area contributed by atoms with Crippen molar-refractivity contribution in [3.63, 3.8) is 0 Å². The van der Waals surface area contributed by atoms with Gasteiger partial charge in [0.2, 0.25) is 0 Å². The molecule has 2 amide bonds. The van der Waals surface area contributed by atoms with E-state index in [-0.39, 0.29) is 18.1 Å². The zero-order chi connectivity index (χ0) is 15.9. The Morgan fingerprint density at radius 2 is 1.85 bits per heavy atom. The number of sulfone groups is 1. The molecule has 20 heavy (non-hydrogen) atoms. The Hall–Kier alpha value is -1.31. The number of rotatable bonds is 8. The first-order valence-corrected chi connectivity index (χ1v) is 8.58. The molecule has 0 heterocycles. The van der Waals surface area contributed by atoms with Crippen LogP contribution in [-0.4, -0.2) is 61.6 Å². The van der Waals surface area contributed by atoms with Crippen molar-refractivity contribution in [2.24, 2.45) is 5.92 Å². The number of aliphatic carboxylic acids is 1. The molecule has 2 N–H and O–H groups in total. The van der Waals surface area contributed by atoms with Gasteiger partial charge in [0.05, 0.1) is 5.75 Å². The van der Waals surface area contributed by atoms with Gasteiger partial charge in [-0.15, -0.1) is 0 Å². The fourth-order valence-corrected chi connectivity index (χ4v) is 2.29. The number of carboxylic acids is 1. The number of urea groups is 1. The van der Waals surface area contributed by atoms with Crippen LogP contribution >= 0.6 is 0 Å². The van der Waals surface area contributed by atoms with Gasteiger partial charge in [0.15, 0.2) is 0 Å². The second kappa shape index (κ2) is 8.08. The van der Waals surface area contributed by atoms with Gasteiger partial charge in [-0.1, -0.05) is 13.8 Å². The lowest BCUT2D eigenvalue weighted by Crippen LogP contribution is -2.49. The molecule has 0 bridgehead atoms. The van der Waals surface area contributed by atoms with Crippen LogP contribution in [0.2, 0.25) is 0 Å². The normalized spacial score (nSPS) is 13.1. The summed E-state index contributed by atoms with van der Waals surface area (Å²) >= 11 is 0. The Kier molecular flexibility index (Phi) is 7.55. The highest BCUT2D eigenvalue weighted by molar-refractivity contribution is 7.90. The van der Waals surface area contributed by atoms with E-state index in [1.54, 1.807) is 6.92 Å². The van der Waals surface area contributed by atoms with Crippen molar-refractivity contribution in [1.29, 1.82) is 0 Å². The van der Waals surface area contributed by atoms with E-state index < -0.39 is 27.9 Å². The first-order valence-electron chi connectivity index (χ1n) is 6.52. The smallest absolute Gasteiger partial charge is 0.326 e. The SMILES string of the molecule is CCN(CC(C)C)C(=O)NC(CCS(C)(=O)=O)C(=O)O. The Bertz CT molecular complexity index is 433. The van der Waals surface area contributed by atoms with Gasteiger partial charge < -0.3 is 15.3 Å². The van der Waals surface area contributed by atoms with Crippen molar-refractivity contribution in [2.75, 3.05) is 25.1 Å². The van der Waals surface area contributed by atoms with Gasteiger partial charge >= 0.3 is 12.0 Å². The Morgan fingerprint density at radius 1 is 1.30 bits per heavy atom. The summed E-state index contributed by atoms with van der Waals surface area (Å²) in [6.45, 7) is 6.68. The van der Waals surface area contributed by atoms with E-state index in [0.29, 0.717) is 13.1 Å². The van der Waals surface area contributed by atoms with Gasteiger partial charge in [0.1, 0.15) is 15.9 Å². The van der Waals surface area contributed by atoms with Crippen molar-refractivity contribution in [2.45, 2.75) is 33.2 Å². The van der Waals surface area contributed by atoms with Crippen molar-refractivity contribution in [1.82, 2.24) is 10.2 Å². The number of amides is 2. The first kappa shape index (κ1) is 18.7. The summed E-state index contributed by atoms with van der Waals surface area (Å²) in [5, 5.41) is 11.4. The molecule has 0 aliphatic rings. The van der Waals surface area contributed by atoms with Gasteiger partial charge in [-0.05, 0) is 19.3 Å². The maximum atomic E-state index is 12.0. The Labute approximate surface area is 120 Å². The van der Waals surface area contributed by atoms with Crippen LogP contribution in [0.4, 0.5) is 4.79 Å². The summed E-state index contributed by atoms with van der Waals surface area (Å²) in [6.07, 6.45) is 0.893. The number of hydrogen-bond donors (Lipinski definition) is 2. The van der Waals surface area contributed by atoms with E-state index in [1.807, 2.05) is 13.8 Å². The zero-order valence-corrected chi connectivity index (χ0v) is 13.2. The summed E-state index contributed by atoms with van der Waals surface area (Å²) in [5.74, 6) is -1.25. The maximum absolute atomic E-state index is 12.0. The molecule has 0 saturated carbocycles. The highest BCUT2D eigenvalue weighted by Crippen LogP contribution is 2.02. The highest BCUT2D eigenvalue weighted by Gasteiger charge is 2.24. The molecule has 0 rings (SSSR count). The van der Waals surface area contributed by atoms with Crippen LogP contribution in [0.5, 0.6) is 0 Å². The number of nitrogens with zero attached hydrogens (tertiary/aromatic N) is 1. The van der Waals surface area contributed by atoms with Crippen LogP contribution in [0.3, 0.4) is 0 Å². The van der Waals surface area contributed by atoms with Crippen molar-refractivity contribution >= 4 is 21.8 Å². The summed E-state index contributed by atoms with van der Waals surface area (Å²) in [7, 11) is -3.26. The summed E-state index contributed by atoms with van der Waals surface area (Å²) < 4.78 is 22.1. The molecule has 118 valence electrons. The molecule has 0 spiro atoms. The van der Waals surface area contributed by atoms with Crippen molar-refractivity contribution < 1.29 is 23.1 Å². The topological polar surface area (TPSA) is 104 Å². The van der Waals surface area contributed by atoms with Crippen LogP contribution < -0.4 is 5.32 Å². The Balaban J connectivity index is 4.65. The van der Waals surface area contributed by atoms with Crippen LogP contribution in [0.15, 0.2) is 0 Å². The second-order valence-electron chi connectivity index (χ2n) is 5.19. The van der Waals surface area contributed by atoms with Gasteiger partial charge in [-0.3, -0.25) is 0 Å². The largest absolute Gasteiger partial charge is 0.480 e. The van der Waals surface area contributed by atoms with Gasteiger partial charge in [0.25, 0.3) is 0 Å². The highest BCUT2D eigenvalue weighted by atomic mass is 32.2. The molecule has 0 aromatic carbocycles. The van der Waals surface area contributed by atoms with Crippen LogP contribution in [-0.2, 0) is 14.6 Å². The van der Waals surface area contributed by atoms with Gasteiger partial charge in [0, 0.05) is 19.3 Å². The quantitative estimate of drug-likeness (QED) is 0.682. The molecule has 0 aliphatic heterocycles. The minimum absolute atomic E-state index is 0.140. The third-order valence-corrected chi connectivity index (χ3v) is 3.60. The van der Waals surface area contributed by atoms with E-state index in [9.17, 15) is 18.0 Å². The summed E-state index contributed by atoms with van der Waals surface area (Å²) in [4.78, 5) is 24.5. The molecule has 8 heteroatoms. The van der Waals surface area contributed by atoms with E-state index in [4.69, 9.17) is 5.11 Å². The van der Waals surface area contributed by atoms with Crippen LogP contribution in [0.1, 0.15) is 27.2 Å². The summed E-state index contributed by atoms with van der Waals surface area (Å²) in [6, 6.07) is -1.68. The molecular weight excluding hydrogens is 284 g/mol. The van der Waals surface area contributed by atoms with Gasteiger partial charge in [-0.25, -0.2) is 18.0 Å². The molecule has 1 unspecified atom stereocenters. The number of hydrogen-bond acceptors (Lipinski definition) is 4. The first-order chi connectivity index (χ1) is 9.06. The van der Waals surface area contributed by atoms with E-state index in [1.165, 1.54) is 4.90 Å². The van der Waals surface area contributed by atoms with E-state index >= 15 is 0 Å². The molecule has 0 radical (unpaired) electrons. The predicted molar refractivity (Wildman–Crippen MR) is 76.4 cm³/mol. The fourth-order valence-electron chi connectivity index (χ4n) is 1.63. The third kappa shape index (κ3) is 7.98. The summed E-state index contributed by atoms with van der Waals surface area (Å²) in [5.41, 5.74) is 0. The molecule has 0 fully saturated rings. The third-order valence-electron chi connectivity index (χ3n) is 2.63. The number of carbonyl (C=O) groups is 2. The molecular formula is C12H24N2O5S. The van der Waals surface area contributed by atoms with Gasteiger partial charge in [-0.2, -0.15) is 0 Å². The number of nitrogens with one attached hydrogen (secondary N) is 1. The standard InChI is InChI=1S/C12H24N2O5S/c1-5-14(8-9(2)3)12(17)13-10(11(15)16)6-7-20(4,18)19/h9-10H,5-8H2,1-4H3,(H,13,17)(H,15,16). The lowest BCUT2D eigenvalue weighted by atomic mass is 10.2. The van der Waals surface area contributed by atoms with Crippen molar-refractivity contribution in [3.05, 3.63) is 0 Å². The van der Waals surface area contributed by atoms with Crippen molar-refractivity contribution in [3.8, 4) is 0 Å². The maximum Gasteiger partial charge on any atom is 0.326 e. The molecule has 0 aromatic rings. The zero-order valence-electron chi connectivity index (χ0n) is 12.4. The van der Waals surface area contributed by atoms with Crippen LogP contribution in [0, 0.1) is 5.92 Å². The molecule has 1 atom stereocenters. The minimum Gasteiger partial charge on any atom is -0.480 e. The van der Waals surface area contributed by atoms with E-state index in [0.717, 1.165) is 6.26 Å². The number of carbonyl (C=O) groups excluding carboxylic acids is 1. The Morgan fingerprint density at radius 3 is 2.20 bits per heavy atom. The lowest BCUT2D eigenvalue weighted by molar-refractivity contribution is -0.139. The molecule has 0 aliphatic carbocycles. The molecule has 7 nitrogen and oxygen atoms in total. The average molecular weight is 308 g/mol. The molecule has 0 aromatic heterocycles. The number of carboxylic acid groups (broad SMARTS) is 1. The monoisotopic (exact) mass is 308 g/mol. The predicted octanol–water partition coefficient (Wildman–Crippen LogP) is 0.562.